The lowest BCUT2D eigenvalue weighted by atomic mass is 9.94. The Hall–Kier alpha value is -3.25. The van der Waals surface area contributed by atoms with Crippen molar-refractivity contribution in [3.8, 4) is 0 Å². The van der Waals surface area contributed by atoms with E-state index >= 15 is 0 Å². The summed E-state index contributed by atoms with van der Waals surface area (Å²) in [5.74, 6) is 0.463. The number of piperidine rings is 1. The van der Waals surface area contributed by atoms with Gasteiger partial charge in [0.2, 0.25) is 11.8 Å². The number of carbonyl (C=O) groups is 1. The van der Waals surface area contributed by atoms with E-state index in [1.807, 2.05) is 18.7 Å². The molecule has 1 N–H and O–H groups in total. The highest BCUT2D eigenvalue weighted by Crippen LogP contribution is 2.39. The van der Waals surface area contributed by atoms with Crippen molar-refractivity contribution in [1.82, 2.24) is 35.3 Å². The van der Waals surface area contributed by atoms with E-state index in [1.54, 1.807) is 6.07 Å². The molecular formula is C21H25F3N8O2. The third-order valence-electron chi connectivity index (χ3n) is 6.32. The second-order valence-electron chi connectivity index (χ2n) is 9.24. The number of alkyl halides is 3. The molecule has 2 aliphatic rings. The van der Waals surface area contributed by atoms with Crippen LogP contribution in [0.2, 0.25) is 0 Å². The zero-order valence-corrected chi connectivity index (χ0v) is 18.8. The van der Waals surface area contributed by atoms with E-state index in [1.165, 1.54) is 6.07 Å². The van der Waals surface area contributed by atoms with Gasteiger partial charge in [0, 0.05) is 24.9 Å². The van der Waals surface area contributed by atoms with Crippen LogP contribution >= 0.6 is 0 Å². The van der Waals surface area contributed by atoms with Gasteiger partial charge in [0.15, 0.2) is 11.5 Å². The highest BCUT2D eigenvalue weighted by atomic mass is 19.4. The summed E-state index contributed by atoms with van der Waals surface area (Å²) in [6, 6.07) is 2.70. The van der Waals surface area contributed by atoms with Gasteiger partial charge in [-0.05, 0) is 43.7 Å². The molecule has 34 heavy (non-hydrogen) atoms. The number of hydrogen-bond donors (Lipinski definition) is 1. The summed E-state index contributed by atoms with van der Waals surface area (Å²) < 4.78 is 45.6. The minimum absolute atomic E-state index is 0.0240. The maximum atomic E-state index is 13.2. The van der Waals surface area contributed by atoms with Gasteiger partial charge in [-0.3, -0.25) is 4.79 Å². The van der Waals surface area contributed by atoms with Gasteiger partial charge < -0.3 is 14.7 Å². The molecule has 1 amide bonds. The van der Waals surface area contributed by atoms with Crippen molar-refractivity contribution in [1.29, 1.82) is 0 Å². The van der Waals surface area contributed by atoms with Crippen molar-refractivity contribution in [3.63, 3.8) is 0 Å². The number of amides is 1. The summed E-state index contributed by atoms with van der Waals surface area (Å²) in [6.45, 7) is 4.94. The van der Waals surface area contributed by atoms with Crippen molar-refractivity contribution in [2.75, 3.05) is 18.0 Å². The molecule has 3 aromatic heterocycles. The number of nitrogens with zero attached hydrogens (tertiary/aromatic N) is 7. The zero-order valence-electron chi connectivity index (χ0n) is 18.8. The molecule has 13 heteroatoms. The summed E-state index contributed by atoms with van der Waals surface area (Å²) in [5.41, 5.74) is 0.0240. The van der Waals surface area contributed by atoms with Crippen LogP contribution in [0.25, 0.3) is 5.65 Å². The second-order valence-corrected chi connectivity index (χ2v) is 9.24. The Labute approximate surface area is 192 Å². The number of anilines is 1. The summed E-state index contributed by atoms with van der Waals surface area (Å²) in [5, 5.41) is 17.9. The summed E-state index contributed by atoms with van der Waals surface area (Å²) >= 11 is 0. The average Bonchev–Trinajstić information content (AvgIpc) is 3.37. The van der Waals surface area contributed by atoms with Crippen molar-refractivity contribution >= 4 is 17.4 Å². The number of fused-ring (bicyclic) bond motifs is 1. The van der Waals surface area contributed by atoms with E-state index in [0.29, 0.717) is 53.9 Å². The maximum absolute atomic E-state index is 13.2. The number of carbonyl (C=O) groups excluding carboxylic acids is 1. The van der Waals surface area contributed by atoms with Crippen LogP contribution in [0, 0.1) is 11.8 Å². The SMILES string of the molecule is CC(C)C(NC(=O)C1CCN(c2ccc3nnc(C(F)(F)F)n3n2)CC1)c1nc(C2CC2)no1. The van der Waals surface area contributed by atoms with E-state index in [4.69, 9.17) is 4.52 Å². The Balaban J connectivity index is 1.23. The Morgan fingerprint density at radius 3 is 2.53 bits per heavy atom. The average molecular weight is 478 g/mol. The molecule has 0 radical (unpaired) electrons. The Morgan fingerprint density at radius 2 is 1.88 bits per heavy atom. The smallest absolute Gasteiger partial charge is 0.355 e. The first-order valence-corrected chi connectivity index (χ1v) is 11.4. The highest BCUT2D eigenvalue weighted by Gasteiger charge is 2.38. The zero-order chi connectivity index (χ0) is 24.0. The van der Waals surface area contributed by atoms with Gasteiger partial charge >= 0.3 is 6.18 Å². The van der Waals surface area contributed by atoms with Crippen LogP contribution in [-0.2, 0) is 11.0 Å². The maximum Gasteiger partial charge on any atom is 0.453 e. The monoisotopic (exact) mass is 478 g/mol. The van der Waals surface area contributed by atoms with Crippen LogP contribution in [-0.4, -0.2) is 48.9 Å². The molecule has 4 heterocycles. The third-order valence-corrected chi connectivity index (χ3v) is 6.32. The highest BCUT2D eigenvalue weighted by molar-refractivity contribution is 5.79. The molecule has 5 rings (SSSR count). The van der Waals surface area contributed by atoms with Gasteiger partial charge in [-0.1, -0.05) is 19.0 Å². The fourth-order valence-corrected chi connectivity index (χ4v) is 4.16. The molecule has 1 saturated heterocycles. The molecule has 1 atom stereocenters. The van der Waals surface area contributed by atoms with Gasteiger partial charge in [-0.2, -0.15) is 22.7 Å². The molecule has 1 aliphatic heterocycles. The number of nitrogens with one attached hydrogen (secondary N) is 1. The molecule has 1 saturated carbocycles. The first-order valence-electron chi connectivity index (χ1n) is 11.4. The minimum atomic E-state index is -4.65. The second kappa shape index (κ2) is 8.51. The standard InChI is InChI=1S/C21H25F3N8O2/c1-11(2)16(19-26-17(30-34-19)12-3-4-12)25-18(33)13-7-9-31(10-8-13)15-6-5-14-27-28-20(21(22,23)24)32(14)29-15/h5-6,11-13,16H,3-4,7-10H2,1-2H3,(H,25,33). The molecule has 182 valence electrons. The predicted octanol–water partition coefficient (Wildman–Crippen LogP) is 3.13. The largest absolute Gasteiger partial charge is 0.453 e. The predicted molar refractivity (Wildman–Crippen MR) is 113 cm³/mol. The summed E-state index contributed by atoms with van der Waals surface area (Å²) in [6.07, 6.45) is -1.44. The molecule has 0 bridgehead atoms. The van der Waals surface area contributed by atoms with Crippen LogP contribution in [0.15, 0.2) is 16.7 Å². The third kappa shape index (κ3) is 4.42. The van der Waals surface area contributed by atoms with Gasteiger partial charge in [0.05, 0.1) is 0 Å². The van der Waals surface area contributed by atoms with E-state index in [2.05, 4.69) is 30.8 Å². The lowest BCUT2D eigenvalue weighted by Gasteiger charge is -2.32. The van der Waals surface area contributed by atoms with Crippen LogP contribution in [0.1, 0.15) is 69.0 Å². The Bertz CT molecular complexity index is 1180. The van der Waals surface area contributed by atoms with E-state index < -0.39 is 12.0 Å². The lowest BCUT2D eigenvalue weighted by molar-refractivity contribution is -0.146. The Kier molecular flexibility index (Phi) is 5.64. The fraction of sp³-hybridized carbons (Fsp3) is 0.619. The normalized spacial score (nSPS) is 18.6. The number of halogens is 3. The summed E-state index contributed by atoms with van der Waals surface area (Å²) in [7, 11) is 0. The first kappa shape index (κ1) is 22.5. The molecule has 3 aromatic rings. The lowest BCUT2D eigenvalue weighted by Crippen LogP contribution is -2.43. The Morgan fingerprint density at radius 1 is 1.15 bits per heavy atom. The van der Waals surface area contributed by atoms with Gasteiger partial charge in [0.25, 0.3) is 5.82 Å². The number of rotatable bonds is 6. The van der Waals surface area contributed by atoms with Crippen molar-refractivity contribution < 1.29 is 22.5 Å². The minimum Gasteiger partial charge on any atom is -0.355 e. The summed E-state index contributed by atoms with van der Waals surface area (Å²) in [4.78, 5) is 19.3. The quantitative estimate of drug-likeness (QED) is 0.575. The number of aromatic nitrogens is 6. The van der Waals surface area contributed by atoms with Crippen LogP contribution < -0.4 is 10.2 Å². The molecule has 2 fully saturated rings. The fourth-order valence-electron chi connectivity index (χ4n) is 4.16. The van der Waals surface area contributed by atoms with Crippen LogP contribution in [0.4, 0.5) is 19.0 Å². The van der Waals surface area contributed by atoms with Gasteiger partial charge in [-0.15, -0.1) is 15.3 Å². The topological polar surface area (TPSA) is 114 Å². The molecule has 1 aliphatic carbocycles. The molecule has 0 aromatic carbocycles. The number of hydrogen-bond acceptors (Lipinski definition) is 8. The van der Waals surface area contributed by atoms with Crippen molar-refractivity contribution in [2.24, 2.45) is 11.8 Å². The van der Waals surface area contributed by atoms with Gasteiger partial charge in [0.1, 0.15) is 11.9 Å². The van der Waals surface area contributed by atoms with Crippen LogP contribution in [0.3, 0.4) is 0 Å². The molecule has 1 unspecified atom stereocenters. The van der Waals surface area contributed by atoms with Gasteiger partial charge in [-0.25, -0.2) is 0 Å². The van der Waals surface area contributed by atoms with E-state index in [9.17, 15) is 18.0 Å². The van der Waals surface area contributed by atoms with E-state index in [-0.39, 0.29) is 29.4 Å². The van der Waals surface area contributed by atoms with E-state index in [0.717, 1.165) is 12.8 Å². The molecular weight excluding hydrogens is 453 g/mol. The van der Waals surface area contributed by atoms with Crippen molar-refractivity contribution in [3.05, 3.63) is 29.7 Å². The van der Waals surface area contributed by atoms with Crippen LogP contribution in [0.5, 0.6) is 0 Å². The molecule has 10 nitrogen and oxygen atoms in total. The molecule has 0 spiro atoms. The van der Waals surface area contributed by atoms with Crippen molar-refractivity contribution in [2.45, 2.75) is 57.7 Å². The first-order chi connectivity index (χ1) is 16.2.